The van der Waals surface area contributed by atoms with Gasteiger partial charge in [-0.15, -0.1) is 0 Å². The van der Waals surface area contributed by atoms with Crippen molar-refractivity contribution in [1.29, 1.82) is 0 Å². The zero-order valence-corrected chi connectivity index (χ0v) is 18.2. The van der Waals surface area contributed by atoms with Crippen LogP contribution in [0.5, 0.6) is 0 Å². The highest BCUT2D eigenvalue weighted by atomic mass is 16.3. The minimum absolute atomic E-state index is 0.224. The molecule has 4 N–H and O–H groups in total. The van der Waals surface area contributed by atoms with Crippen molar-refractivity contribution in [2.75, 3.05) is 23.8 Å². The second-order valence-electron chi connectivity index (χ2n) is 7.98. The minimum Gasteiger partial charge on any atom is -0.394 e. The SMILES string of the molecule is CC(C)c1cnn2c(NCc3ccc(-c4ccccc4)cc3)nc(NC(CO)CO)nc12. The second-order valence-corrected chi connectivity index (χ2v) is 7.98. The van der Waals surface area contributed by atoms with Gasteiger partial charge in [-0.25, -0.2) is 0 Å². The first kappa shape index (κ1) is 21.7. The van der Waals surface area contributed by atoms with Gasteiger partial charge in [-0.1, -0.05) is 68.4 Å². The molecule has 0 bridgehead atoms. The lowest BCUT2D eigenvalue weighted by Gasteiger charge is -2.15. The van der Waals surface area contributed by atoms with Gasteiger partial charge in [-0.2, -0.15) is 19.6 Å². The van der Waals surface area contributed by atoms with Crippen LogP contribution in [0.15, 0.2) is 60.8 Å². The van der Waals surface area contributed by atoms with Crippen LogP contribution in [0, 0.1) is 0 Å². The Morgan fingerprint density at radius 1 is 0.906 bits per heavy atom. The van der Waals surface area contributed by atoms with Crippen molar-refractivity contribution >= 4 is 17.5 Å². The van der Waals surface area contributed by atoms with Crippen LogP contribution in [-0.4, -0.2) is 49.1 Å². The minimum atomic E-state index is -0.541. The molecule has 0 saturated carbocycles. The molecule has 0 amide bonds. The number of fused-ring (bicyclic) bond motifs is 1. The fourth-order valence-corrected chi connectivity index (χ4v) is 3.44. The zero-order valence-electron chi connectivity index (χ0n) is 18.2. The van der Waals surface area contributed by atoms with Gasteiger partial charge in [0.1, 0.15) is 0 Å². The third kappa shape index (κ3) is 4.71. The largest absolute Gasteiger partial charge is 0.394 e. The zero-order chi connectivity index (χ0) is 22.5. The summed E-state index contributed by atoms with van der Waals surface area (Å²) in [5, 5.41) is 29.6. The Balaban J connectivity index is 1.58. The molecule has 2 heterocycles. The Morgan fingerprint density at radius 2 is 1.59 bits per heavy atom. The van der Waals surface area contributed by atoms with Crippen LogP contribution in [0.4, 0.5) is 11.9 Å². The first-order valence-electron chi connectivity index (χ1n) is 10.7. The molecule has 4 rings (SSSR count). The van der Waals surface area contributed by atoms with Gasteiger partial charge in [0.2, 0.25) is 11.9 Å². The quantitative estimate of drug-likeness (QED) is 0.321. The van der Waals surface area contributed by atoms with Gasteiger partial charge in [-0.05, 0) is 22.6 Å². The third-order valence-electron chi connectivity index (χ3n) is 5.30. The number of nitrogens with one attached hydrogen (secondary N) is 2. The number of nitrogens with zero attached hydrogens (tertiary/aromatic N) is 4. The van der Waals surface area contributed by atoms with Gasteiger partial charge in [0.25, 0.3) is 0 Å². The first-order chi connectivity index (χ1) is 15.6. The van der Waals surface area contributed by atoms with Crippen molar-refractivity contribution in [2.45, 2.75) is 32.4 Å². The van der Waals surface area contributed by atoms with Crippen LogP contribution >= 0.6 is 0 Å². The summed E-state index contributed by atoms with van der Waals surface area (Å²) in [4.78, 5) is 9.10. The third-order valence-corrected chi connectivity index (χ3v) is 5.30. The van der Waals surface area contributed by atoms with Crippen molar-refractivity contribution in [2.24, 2.45) is 0 Å². The second kappa shape index (κ2) is 9.76. The van der Waals surface area contributed by atoms with Crippen molar-refractivity contribution in [3.63, 3.8) is 0 Å². The Kier molecular flexibility index (Phi) is 6.63. The average molecular weight is 433 g/mol. The molecule has 2 aromatic carbocycles. The number of aromatic nitrogens is 4. The van der Waals surface area contributed by atoms with E-state index in [0.29, 0.717) is 24.1 Å². The van der Waals surface area contributed by atoms with E-state index in [9.17, 15) is 10.2 Å². The van der Waals surface area contributed by atoms with Gasteiger partial charge in [0, 0.05) is 12.1 Å². The Morgan fingerprint density at radius 3 is 2.25 bits per heavy atom. The van der Waals surface area contributed by atoms with Gasteiger partial charge in [-0.3, -0.25) is 0 Å². The molecule has 0 spiro atoms. The van der Waals surface area contributed by atoms with E-state index in [1.807, 2.05) is 18.2 Å². The Labute approximate surface area is 187 Å². The van der Waals surface area contributed by atoms with Gasteiger partial charge < -0.3 is 20.8 Å². The number of hydrogen-bond acceptors (Lipinski definition) is 7. The van der Waals surface area contributed by atoms with E-state index in [2.05, 4.69) is 75.9 Å². The van der Waals surface area contributed by atoms with E-state index in [1.54, 1.807) is 10.7 Å². The molecule has 2 aromatic heterocycles. The lowest BCUT2D eigenvalue weighted by Crippen LogP contribution is -2.29. The van der Waals surface area contributed by atoms with Crippen molar-refractivity contribution < 1.29 is 10.2 Å². The topological polar surface area (TPSA) is 108 Å². The van der Waals surface area contributed by atoms with E-state index in [4.69, 9.17) is 0 Å². The molecule has 8 nitrogen and oxygen atoms in total. The highest BCUT2D eigenvalue weighted by Gasteiger charge is 2.16. The lowest BCUT2D eigenvalue weighted by atomic mass is 10.0. The molecule has 0 unspecified atom stereocenters. The summed E-state index contributed by atoms with van der Waals surface area (Å²) in [6, 6.07) is 18.1. The molecule has 0 atom stereocenters. The van der Waals surface area contributed by atoms with Crippen LogP contribution in [0.2, 0.25) is 0 Å². The summed E-state index contributed by atoms with van der Waals surface area (Å²) < 4.78 is 1.69. The molecular formula is C24H28N6O2. The van der Waals surface area contributed by atoms with E-state index < -0.39 is 6.04 Å². The number of aliphatic hydroxyl groups is 2. The first-order valence-corrected chi connectivity index (χ1v) is 10.7. The molecule has 0 aliphatic rings. The fraction of sp³-hybridized carbons (Fsp3) is 0.292. The molecule has 8 heteroatoms. The number of aliphatic hydroxyl groups excluding tert-OH is 2. The van der Waals surface area contributed by atoms with Crippen LogP contribution < -0.4 is 10.6 Å². The maximum atomic E-state index is 9.42. The van der Waals surface area contributed by atoms with Crippen molar-refractivity contribution in [3.8, 4) is 11.1 Å². The summed E-state index contributed by atoms with van der Waals surface area (Å²) in [7, 11) is 0. The van der Waals surface area contributed by atoms with E-state index in [-0.39, 0.29) is 19.1 Å². The maximum Gasteiger partial charge on any atom is 0.229 e. The molecule has 0 aliphatic heterocycles. The average Bonchev–Trinajstić information content (AvgIpc) is 3.26. The summed E-state index contributed by atoms with van der Waals surface area (Å²) in [5.41, 5.74) is 5.13. The number of hydrogen-bond donors (Lipinski definition) is 4. The summed E-state index contributed by atoms with van der Waals surface area (Å²) in [5.74, 6) is 1.10. The van der Waals surface area contributed by atoms with E-state index in [0.717, 1.165) is 16.7 Å². The van der Waals surface area contributed by atoms with Gasteiger partial charge >= 0.3 is 0 Å². The Hall–Kier alpha value is -3.49. The normalized spacial score (nSPS) is 11.4. The van der Waals surface area contributed by atoms with Gasteiger partial charge in [0.05, 0.1) is 25.5 Å². The summed E-state index contributed by atoms with van der Waals surface area (Å²) >= 11 is 0. The highest BCUT2D eigenvalue weighted by molar-refractivity contribution is 5.63. The van der Waals surface area contributed by atoms with Gasteiger partial charge in [0.15, 0.2) is 5.65 Å². The fourth-order valence-electron chi connectivity index (χ4n) is 3.44. The predicted octanol–water partition coefficient (Wildman–Crippen LogP) is 3.29. The molecular weight excluding hydrogens is 404 g/mol. The molecule has 0 saturated heterocycles. The van der Waals surface area contributed by atoms with E-state index in [1.165, 1.54) is 5.56 Å². The number of rotatable bonds is 9. The summed E-state index contributed by atoms with van der Waals surface area (Å²) in [6.45, 7) is 4.27. The smallest absolute Gasteiger partial charge is 0.229 e. The molecule has 0 aliphatic carbocycles. The molecule has 0 radical (unpaired) electrons. The van der Waals surface area contributed by atoms with E-state index >= 15 is 0 Å². The van der Waals surface area contributed by atoms with Crippen LogP contribution in [0.1, 0.15) is 30.9 Å². The highest BCUT2D eigenvalue weighted by Crippen LogP contribution is 2.23. The van der Waals surface area contributed by atoms with Crippen LogP contribution in [0.3, 0.4) is 0 Å². The number of benzene rings is 2. The predicted molar refractivity (Wildman–Crippen MR) is 126 cm³/mol. The molecule has 32 heavy (non-hydrogen) atoms. The standard InChI is InChI=1S/C24H28N6O2/c1-16(2)21-13-26-30-22(21)28-23(27-20(14-31)15-32)29-24(30)25-12-17-8-10-19(11-9-17)18-6-4-3-5-7-18/h3-11,13,16,20,31-32H,12,14-15H2,1-2H3,(H2,25,27,28,29). The molecule has 4 aromatic rings. The maximum absolute atomic E-state index is 9.42. The summed E-state index contributed by atoms with van der Waals surface area (Å²) in [6.07, 6.45) is 1.80. The lowest BCUT2D eigenvalue weighted by molar-refractivity contribution is 0.203. The molecule has 0 fully saturated rings. The van der Waals surface area contributed by atoms with Crippen molar-refractivity contribution in [1.82, 2.24) is 19.6 Å². The molecule has 166 valence electrons. The van der Waals surface area contributed by atoms with Crippen LogP contribution in [0.25, 0.3) is 16.8 Å². The van der Waals surface area contributed by atoms with Crippen molar-refractivity contribution in [3.05, 3.63) is 71.9 Å². The Bertz CT molecular complexity index is 1150. The van der Waals surface area contributed by atoms with Crippen LogP contribution in [-0.2, 0) is 6.54 Å². The monoisotopic (exact) mass is 432 g/mol. The number of anilines is 2.